The van der Waals surface area contributed by atoms with Crippen LogP contribution in [0.3, 0.4) is 0 Å². The molecule has 0 fully saturated rings. The minimum Gasteiger partial charge on any atom is -0.493 e. The van der Waals surface area contributed by atoms with Crippen LogP contribution in [0.15, 0.2) is 60.8 Å². The summed E-state index contributed by atoms with van der Waals surface area (Å²) in [5, 5.41) is 12.0. The number of aromatic nitrogens is 2. The van der Waals surface area contributed by atoms with Crippen molar-refractivity contribution in [2.24, 2.45) is 5.14 Å². The number of methoxy groups -OCH3 is 1. The summed E-state index contributed by atoms with van der Waals surface area (Å²) in [7, 11) is -2.14. The number of hydrogen-bond acceptors (Lipinski definition) is 5. The van der Waals surface area contributed by atoms with Crippen molar-refractivity contribution < 1.29 is 17.9 Å². The van der Waals surface area contributed by atoms with Gasteiger partial charge in [0, 0.05) is 5.69 Å². The fraction of sp³-hybridized carbons (Fsp3) is 0.111. The Morgan fingerprint density at radius 1 is 1.15 bits per heavy atom. The molecule has 140 valence electrons. The Balaban J connectivity index is 1.79. The number of sulfonamides is 1. The largest absolute Gasteiger partial charge is 0.493 e. The number of rotatable bonds is 6. The van der Waals surface area contributed by atoms with Crippen LogP contribution in [0.4, 0.5) is 5.69 Å². The third-order valence-corrected chi connectivity index (χ3v) is 4.45. The zero-order valence-electron chi connectivity index (χ0n) is 14.5. The number of carbonyl (C=O) groups excluding carboxylic acids is 1. The van der Waals surface area contributed by atoms with E-state index in [-0.39, 0.29) is 11.4 Å². The Labute approximate surface area is 156 Å². The van der Waals surface area contributed by atoms with E-state index in [2.05, 4.69) is 10.4 Å². The molecule has 0 aliphatic rings. The van der Waals surface area contributed by atoms with Crippen LogP contribution in [-0.4, -0.2) is 31.2 Å². The molecule has 0 atom stereocenters. The molecule has 2 aromatic carbocycles. The molecule has 0 radical (unpaired) electrons. The Hall–Kier alpha value is -3.17. The molecular formula is C18H18N4O4S. The number of anilines is 1. The maximum atomic E-state index is 12.6. The van der Waals surface area contributed by atoms with Crippen LogP contribution in [-0.2, 0) is 15.8 Å². The number of nitrogens with two attached hydrogens (primary N) is 1. The average Bonchev–Trinajstić information content (AvgIpc) is 3.07. The second kappa shape index (κ2) is 7.60. The second-order valence-corrected chi connectivity index (χ2v) is 7.40. The molecule has 0 bridgehead atoms. The zero-order chi connectivity index (χ0) is 19.4. The number of benzene rings is 2. The fourth-order valence-electron chi connectivity index (χ4n) is 2.48. The van der Waals surface area contributed by atoms with Crippen LogP contribution in [0, 0.1) is 0 Å². The van der Waals surface area contributed by atoms with Crippen LogP contribution in [0.25, 0.3) is 5.69 Å². The van der Waals surface area contributed by atoms with Crippen molar-refractivity contribution in [2.75, 3.05) is 12.4 Å². The number of primary sulfonamides is 1. The molecule has 0 aliphatic carbocycles. The third-order valence-electron chi connectivity index (χ3n) is 3.72. The van der Waals surface area contributed by atoms with Gasteiger partial charge in [-0.25, -0.2) is 18.2 Å². The van der Waals surface area contributed by atoms with Crippen molar-refractivity contribution in [1.82, 2.24) is 9.78 Å². The van der Waals surface area contributed by atoms with Crippen molar-refractivity contribution in [3.8, 4) is 11.4 Å². The van der Waals surface area contributed by atoms with Crippen molar-refractivity contribution in [1.29, 1.82) is 0 Å². The molecule has 9 heteroatoms. The summed E-state index contributed by atoms with van der Waals surface area (Å²) >= 11 is 0. The fourth-order valence-corrected chi connectivity index (χ4v) is 3.14. The van der Waals surface area contributed by atoms with Crippen LogP contribution in [0.5, 0.6) is 5.75 Å². The Morgan fingerprint density at radius 3 is 2.41 bits per heavy atom. The maximum absolute atomic E-state index is 12.6. The molecule has 0 aliphatic heterocycles. The standard InChI is InChI=1S/C18H18N4O4S/c1-26-16-11-22(15-5-3-2-4-6-15)21-17(16)18(23)20-14-9-7-13(8-10-14)12-27(19,24)25/h2-11H,12H2,1H3,(H,20,23)(H2,19,24,25). The summed E-state index contributed by atoms with van der Waals surface area (Å²) in [6, 6.07) is 15.7. The quantitative estimate of drug-likeness (QED) is 0.671. The lowest BCUT2D eigenvalue weighted by Crippen LogP contribution is -2.15. The summed E-state index contributed by atoms with van der Waals surface area (Å²) < 4.78 is 29.1. The molecule has 3 N–H and O–H groups in total. The highest BCUT2D eigenvalue weighted by atomic mass is 32.2. The third kappa shape index (κ3) is 4.72. The van der Waals surface area contributed by atoms with Gasteiger partial charge in [0.15, 0.2) is 11.4 Å². The first-order valence-corrected chi connectivity index (χ1v) is 9.67. The SMILES string of the molecule is COc1cn(-c2ccccc2)nc1C(=O)Nc1ccc(CS(N)(=O)=O)cc1. The first-order chi connectivity index (χ1) is 12.9. The molecule has 0 saturated carbocycles. The van der Waals surface area contributed by atoms with E-state index < -0.39 is 15.9 Å². The maximum Gasteiger partial charge on any atom is 0.280 e. The normalized spacial score (nSPS) is 11.2. The Morgan fingerprint density at radius 2 is 1.81 bits per heavy atom. The van der Waals surface area contributed by atoms with E-state index in [1.54, 1.807) is 35.1 Å². The molecule has 3 rings (SSSR count). The van der Waals surface area contributed by atoms with Gasteiger partial charge in [-0.2, -0.15) is 5.10 Å². The monoisotopic (exact) mass is 386 g/mol. The van der Waals surface area contributed by atoms with Gasteiger partial charge in [0.2, 0.25) is 10.0 Å². The van der Waals surface area contributed by atoms with Crippen LogP contribution >= 0.6 is 0 Å². The number of nitrogens with one attached hydrogen (secondary N) is 1. The predicted molar refractivity (Wildman–Crippen MR) is 101 cm³/mol. The van der Waals surface area contributed by atoms with E-state index >= 15 is 0 Å². The topological polar surface area (TPSA) is 116 Å². The minimum atomic E-state index is -3.61. The van der Waals surface area contributed by atoms with Crippen LogP contribution in [0.1, 0.15) is 16.1 Å². The molecule has 1 amide bonds. The number of ether oxygens (including phenoxy) is 1. The Kier molecular flexibility index (Phi) is 5.24. The van der Waals surface area contributed by atoms with Crippen molar-refractivity contribution >= 4 is 21.6 Å². The molecule has 1 heterocycles. The highest BCUT2D eigenvalue weighted by Crippen LogP contribution is 2.21. The van der Waals surface area contributed by atoms with Crippen molar-refractivity contribution in [2.45, 2.75) is 5.75 Å². The zero-order valence-corrected chi connectivity index (χ0v) is 15.3. The predicted octanol–water partition coefficient (Wildman–Crippen LogP) is 1.92. The molecule has 0 saturated heterocycles. The molecule has 1 aromatic heterocycles. The summed E-state index contributed by atoms with van der Waals surface area (Å²) in [6.45, 7) is 0. The van der Waals surface area contributed by atoms with E-state index in [0.717, 1.165) is 5.69 Å². The summed E-state index contributed by atoms with van der Waals surface area (Å²) in [6.07, 6.45) is 1.62. The van der Waals surface area contributed by atoms with Crippen molar-refractivity contribution in [3.63, 3.8) is 0 Å². The molecule has 8 nitrogen and oxygen atoms in total. The average molecular weight is 386 g/mol. The van der Waals surface area contributed by atoms with Gasteiger partial charge in [-0.3, -0.25) is 4.79 Å². The number of amides is 1. The first kappa shape index (κ1) is 18.6. The van der Waals surface area contributed by atoms with E-state index in [9.17, 15) is 13.2 Å². The lowest BCUT2D eigenvalue weighted by Gasteiger charge is -2.06. The van der Waals surface area contributed by atoms with Crippen molar-refractivity contribution in [3.05, 3.63) is 72.1 Å². The lowest BCUT2D eigenvalue weighted by atomic mass is 10.2. The molecule has 3 aromatic rings. The molecule has 0 spiro atoms. The van der Waals surface area contributed by atoms with Gasteiger partial charge in [0.05, 0.1) is 24.7 Å². The van der Waals surface area contributed by atoms with E-state index in [4.69, 9.17) is 9.88 Å². The molecule has 27 heavy (non-hydrogen) atoms. The van der Waals surface area contributed by atoms with Gasteiger partial charge < -0.3 is 10.1 Å². The van der Waals surface area contributed by atoms with E-state index in [0.29, 0.717) is 17.0 Å². The number of nitrogens with zero attached hydrogens (tertiary/aromatic N) is 2. The minimum absolute atomic E-state index is 0.134. The lowest BCUT2D eigenvalue weighted by molar-refractivity contribution is 0.101. The first-order valence-electron chi connectivity index (χ1n) is 7.95. The van der Waals surface area contributed by atoms with Gasteiger partial charge in [-0.1, -0.05) is 30.3 Å². The number of para-hydroxylation sites is 1. The highest BCUT2D eigenvalue weighted by Gasteiger charge is 2.18. The molecule has 0 unspecified atom stereocenters. The van der Waals surface area contributed by atoms with E-state index in [1.807, 2.05) is 30.3 Å². The van der Waals surface area contributed by atoms with Gasteiger partial charge in [0.25, 0.3) is 5.91 Å². The summed E-state index contributed by atoms with van der Waals surface area (Å²) in [4.78, 5) is 12.6. The Bertz CT molecular complexity index is 1040. The summed E-state index contributed by atoms with van der Waals surface area (Å²) in [5.41, 5.74) is 1.95. The molecular weight excluding hydrogens is 368 g/mol. The van der Waals surface area contributed by atoms with Gasteiger partial charge in [0.1, 0.15) is 0 Å². The highest BCUT2D eigenvalue weighted by molar-refractivity contribution is 7.88. The van der Waals surface area contributed by atoms with E-state index in [1.165, 1.54) is 7.11 Å². The van der Waals surface area contributed by atoms with Gasteiger partial charge in [-0.05, 0) is 29.8 Å². The number of carbonyl (C=O) groups is 1. The van der Waals surface area contributed by atoms with Gasteiger partial charge >= 0.3 is 0 Å². The van der Waals surface area contributed by atoms with Crippen LogP contribution in [0.2, 0.25) is 0 Å². The van der Waals surface area contributed by atoms with Gasteiger partial charge in [-0.15, -0.1) is 0 Å². The smallest absolute Gasteiger partial charge is 0.280 e. The number of hydrogen-bond donors (Lipinski definition) is 2. The van der Waals surface area contributed by atoms with Crippen LogP contribution < -0.4 is 15.2 Å². The second-order valence-electron chi connectivity index (χ2n) is 5.78. The summed E-state index contributed by atoms with van der Waals surface area (Å²) in [5.74, 6) is -0.376.